The molecule has 0 bridgehead atoms. The molecule has 0 saturated heterocycles. The maximum absolute atomic E-state index is 13.4. The van der Waals surface area contributed by atoms with Gasteiger partial charge in [0.15, 0.2) is 11.6 Å². The van der Waals surface area contributed by atoms with Gasteiger partial charge in [0.2, 0.25) is 5.91 Å². The van der Waals surface area contributed by atoms with Crippen molar-refractivity contribution in [1.29, 1.82) is 0 Å². The van der Waals surface area contributed by atoms with E-state index in [4.69, 9.17) is 4.74 Å². The summed E-state index contributed by atoms with van der Waals surface area (Å²) in [5.74, 6) is -2.39. The number of benzene rings is 1. The van der Waals surface area contributed by atoms with Gasteiger partial charge in [0.1, 0.15) is 0 Å². The van der Waals surface area contributed by atoms with Gasteiger partial charge in [0.25, 0.3) is 0 Å². The molecule has 0 fully saturated rings. The Morgan fingerprint density at radius 3 is 2.79 bits per heavy atom. The minimum Gasteiger partial charge on any atom is -0.389 e. The number of methoxy groups -OCH3 is 1. The highest BCUT2D eigenvalue weighted by Gasteiger charge is 2.17. The molecule has 1 aromatic rings. The van der Waals surface area contributed by atoms with Crippen LogP contribution in [0.4, 0.5) is 8.78 Å². The predicted molar refractivity (Wildman–Crippen MR) is 65.6 cm³/mol. The molecule has 1 unspecified atom stereocenters. The van der Waals surface area contributed by atoms with Crippen molar-refractivity contribution in [2.45, 2.75) is 12.5 Å². The van der Waals surface area contributed by atoms with Gasteiger partial charge < -0.3 is 14.7 Å². The highest BCUT2D eigenvalue weighted by Crippen LogP contribution is 2.12. The van der Waals surface area contributed by atoms with Crippen LogP contribution in [0.25, 0.3) is 0 Å². The second kappa shape index (κ2) is 7.16. The minimum atomic E-state index is -1.01. The Kier molecular flexibility index (Phi) is 5.85. The van der Waals surface area contributed by atoms with E-state index in [-0.39, 0.29) is 25.1 Å². The second-order valence-electron chi connectivity index (χ2n) is 4.27. The fraction of sp³-hybridized carbons (Fsp3) is 0.462. The molecule has 0 spiro atoms. The zero-order chi connectivity index (χ0) is 14.4. The Hall–Kier alpha value is -1.53. The van der Waals surface area contributed by atoms with Crippen LogP contribution in [0.3, 0.4) is 0 Å². The van der Waals surface area contributed by atoms with Crippen LogP contribution in [-0.4, -0.2) is 49.3 Å². The molecule has 0 heterocycles. The van der Waals surface area contributed by atoms with Gasteiger partial charge >= 0.3 is 0 Å². The maximum atomic E-state index is 13.4. The third kappa shape index (κ3) is 4.57. The molecule has 4 nitrogen and oxygen atoms in total. The number of nitrogens with zero attached hydrogens (tertiary/aromatic N) is 1. The zero-order valence-electron chi connectivity index (χ0n) is 10.9. The molecule has 0 aliphatic rings. The second-order valence-corrected chi connectivity index (χ2v) is 4.27. The molecule has 0 saturated carbocycles. The molecule has 106 valence electrons. The summed E-state index contributed by atoms with van der Waals surface area (Å²) in [5.41, 5.74) is -0.00178. The molecule has 0 aromatic heterocycles. The van der Waals surface area contributed by atoms with Crippen molar-refractivity contribution >= 4 is 5.91 Å². The fourth-order valence-corrected chi connectivity index (χ4v) is 1.65. The highest BCUT2D eigenvalue weighted by molar-refractivity contribution is 5.78. The lowest BCUT2D eigenvalue weighted by molar-refractivity contribution is -0.130. The van der Waals surface area contributed by atoms with E-state index >= 15 is 0 Å². The van der Waals surface area contributed by atoms with Crippen LogP contribution in [-0.2, 0) is 16.0 Å². The summed E-state index contributed by atoms with van der Waals surface area (Å²) >= 11 is 0. The summed E-state index contributed by atoms with van der Waals surface area (Å²) in [6.45, 7) is 0.176. The van der Waals surface area contributed by atoms with E-state index in [1.165, 1.54) is 31.2 Å². The molecule has 1 aromatic carbocycles. The van der Waals surface area contributed by atoms with Crippen LogP contribution < -0.4 is 0 Å². The number of likely N-dealkylation sites (N-methyl/N-ethyl adjacent to an activating group) is 1. The molecule has 1 amide bonds. The molecule has 6 heteroatoms. The van der Waals surface area contributed by atoms with Crippen LogP contribution in [0.5, 0.6) is 0 Å². The van der Waals surface area contributed by atoms with Crippen molar-refractivity contribution in [1.82, 2.24) is 4.90 Å². The van der Waals surface area contributed by atoms with E-state index in [2.05, 4.69) is 0 Å². The summed E-state index contributed by atoms with van der Waals surface area (Å²) in [6, 6.07) is 3.70. The van der Waals surface area contributed by atoms with Crippen molar-refractivity contribution in [2.24, 2.45) is 0 Å². The predicted octanol–water partition coefficient (Wildman–Crippen LogP) is 0.973. The number of halogens is 2. The van der Waals surface area contributed by atoms with Crippen LogP contribution in [0.15, 0.2) is 18.2 Å². The van der Waals surface area contributed by atoms with Crippen molar-refractivity contribution in [3.8, 4) is 0 Å². The van der Waals surface area contributed by atoms with Gasteiger partial charge in [0.05, 0.1) is 19.1 Å². The number of aliphatic hydroxyl groups excluding tert-OH is 1. The summed E-state index contributed by atoms with van der Waals surface area (Å²) < 4.78 is 31.1. The van der Waals surface area contributed by atoms with Gasteiger partial charge in [-0.3, -0.25) is 4.79 Å². The monoisotopic (exact) mass is 273 g/mol. The quantitative estimate of drug-likeness (QED) is 0.840. The van der Waals surface area contributed by atoms with E-state index in [1.54, 1.807) is 0 Å². The number of aliphatic hydroxyl groups is 1. The highest BCUT2D eigenvalue weighted by atomic mass is 19.2. The van der Waals surface area contributed by atoms with E-state index < -0.39 is 23.6 Å². The fourth-order valence-electron chi connectivity index (χ4n) is 1.65. The zero-order valence-corrected chi connectivity index (χ0v) is 10.9. The van der Waals surface area contributed by atoms with Crippen molar-refractivity contribution < 1.29 is 23.4 Å². The topological polar surface area (TPSA) is 49.8 Å². The summed E-state index contributed by atoms with van der Waals surface area (Å²) in [5, 5.41) is 9.48. The van der Waals surface area contributed by atoms with Crippen molar-refractivity contribution in [2.75, 3.05) is 27.3 Å². The average molecular weight is 273 g/mol. The Labute approximate surface area is 110 Å². The van der Waals surface area contributed by atoms with Gasteiger partial charge in [-0.25, -0.2) is 8.78 Å². The molecular formula is C13H17F2NO3. The number of carbonyl (C=O) groups is 1. The molecule has 1 rings (SSSR count). The Morgan fingerprint density at radius 2 is 2.16 bits per heavy atom. The first-order valence-electron chi connectivity index (χ1n) is 5.79. The van der Waals surface area contributed by atoms with Crippen molar-refractivity contribution in [3.05, 3.63) is 35.4 Å². The molecule has 0 aliphatic carbocycles. The minimum absolute atomic E-state index is 0.00178. The van der Waals surface area contributed by atoms with Crippen LogP contribution in [0.2, 0.25) is 0 Å². The van der Waals surface area contributed by atoms with Gasteiger partial charge in [-0.05, 0) is 6.07 Å². The van der Waals surface area contributed by atoms with Gasteiger partial charge in [0, 0.05) is 26.3 Å². The number of rotatable bonds is 6. The number of amides is 1. The maximum Gasteiger partial charge on any atom is 0.226 e. The summed E-state index contributed by atoms with van der Waals surface area (Å²) in [6.07, 6.45) is -1.06. The molecular weight excluding hydrogens is 256 g/mol. The lowest BCUT2D eigenvalue weighted by Crippen LogP contribution is -2.37. The smallest absolute Gasteiger partial charge is 0.226 e. The van der Waals surface area contributed by atoms with Gasteiger partial charge in [-0.2, -0.15) is 0 Å². The SMILES string of the molecule is COCC(O)CN(C)C(=O)Cc1cccc(F)c1F. The Balaban J connectivity index is 2.61. The van der Waals surface area contributed by atoms with Crippen LogP contribution in [0.1, 0.15) is 5.56 Å². The third-order valence-electron chi connectivity index (χ3n) is 2.64. The standard InChI is InChI=1S/C13H17F2NO3/c1-16(7-10(17)8-19-2)12(18)6-9-4-3-5-11(14)13(9)15/h3-5,10,17H,6-8H2,1-2H3. The van der Waals surface area contributed by atoms with E-state index in [1.807, 2.05) is 0 Å². The average Bonchev–Trinajstić information content (AvgIpc) is 2.35. The molecule has 1 N–H and O–H groups in total. The first kappa shape index (κ1) is 15.5. The van der Waals surface area contributed by atoms with Crippen LogP contribution in [0, 0.1) is 11.6 Å². The largest absolute Gasteiger partial charge is 0.389 e. The summed E-state index contributed by atoms with van der Waals surface area (Å²) in [7, 11) is 2.92. The van der Waals surface area contributed by atoms with Crippen LogP contribution >= 0.6 is 0 Å². The molecule has 0 aliphatic heterocycles. The molecule has 19 heavy (non-hydrogen) atoms. The Morgan fingerprint density at radius 1 is 1.47 bits per heavy atom. The first-order valence-corrected chi connectivity index (χ1v) is 5.79. The van der Waals surface area contributed by atoms with Gasteiger partial charge in [-0.1, -0.05) is 12.1 Å². The van der Waals surface area contributed by atoms with E-state index in [0.29, 0.717) is 0 Å². The number of carbonyl (C=O) groups excluding carboxylic acids is 1. The first-order chi connectivity index (χ1) is 8.95. The lowest BCUT2D eigenvalue weighted by Gasteiger charge is -2.20. The van der Waals surface area contributed by atoms with E-state index in [9.17, 15) is 18.7 Å². The number of hydrogen-bond acceptors (Lipinski definition) is 3. The van der Waals surface area contributed by atoms with Crippen molar-refractivity contribution in [3.63, 3.8) is 0 Å². The number of hydrogen-bond donors (Lipinski definition) is 1. The summed E-state index contributed by atoms with van der Waals surface area (Å²) in [4.78, 5) is 13.1. The lowest BCUT2D eigenvalue weighted by atomic mass is 10.1. The molecule has 0 radical (unpaired) electrons. The molecule has 1 atom stereocenters. The number of ether oxygens (including phenoxy) is 1. The van der Waals surface area contributed by atoms with E-state index in [0.717, 1.165) is 6.07 Å². The normalized spacial score (nSPS) is 12.3. The third-order valence-corrected chi connectivity index (χ3v) is 2.64. The van der Waals surface area contributed by atoms with Gasteiger partial charge in [-0.15, -0.1) is 0 Å². The Bertz CT molecular complexity index is 440.